The lowest BCUT2D eigenvalue weighted by atomic mass is 10.2. The van der Waals surface area contributed by atoms with Gasteiger partial charge < -0.3 is 5.11 Å². The molecule has 1 N–H and O–H groups in total. The highest BCUT2D eigenvalue weighted by atomic mass is 16.4. The van der Waals surface area contributed by atoms with Crippen LogP contribution in [-0.4, -0.2) is 25.7 Å². The van der Waals surface area contributed by atoms with Crippen molar-refractivity contribution in [3.63, 3.8) is 0 Å². The first-order valence-electron chi connectivity index (χ1n) is 4.57. The van der Waals surface area contributed by atoms with E-state index in [0.717, 1.165) is 16.9 Å². The molecule has 0 bridgehead atoms. The molecule has 5 nitrogen and oxygen atoms in total. The summed E-state index contributed by atoms with van der Waals surface area (Å²) in [6, 6.07) is 0. The number of rotatable bonds is 1. The summed E-state index contributed by atoms with van der Waals surface area (Å²) in [6.45, 7) is 5.48. The van der Waals surface area contributed by atoms with Gasteiger partial charge in [-0.2, -0.15) is 5.10 Å². The molecule has 0 unspecified atom stereocenters. The summed E-state index contributed by atoms with van der Waals surface area (Å²) >= 11 is 0. The van der Waals surface area contributed by atoms with Crippen LogP contribution >= 0.6 is 0 Å². The largest absolute Gasteiger partial charge is 0.478 e. The minimum atomic E-state index is -0.979. The lowest BCUT2D eigenvalue weighted by Gasteiger charge is -2.00. The maximum Gasteiger partial charge on any atom is 0.339 e. The maximum atomic E-state index is 10.9. The second-order valence-electron chi connectivity index (χ2n) is 3.52. The molecule has 0 aliphatic carbocycles. The van der Waals surface area contributed by atoms with Gasteiger partial charge in [0.25, 0.3) is 0 Å². The Bertz CT molecular complexity index is 557. The van der Waals surface area contributed by atoms with E-state index in [2.05, 4.69) is 10.1 Å². The smallest absolute Gasteiger partial charge is 0.339 e. The van der Waals surface area contributed by atoms with Gasteiger partial charge in [0.05, 0.1) is 17.0 Å². The monoisotopic (exact) mass is 205 g/mol. The van der Waals surface area contributed by atoms with Crippen molar-refractivity contribution >= 4 is 11.6 Å². The predicted octanol–water partition coefficient (Wildman–Crippen LogP) is 1.35. The number of aromatic nitrogens is 3. The highest BCUT2D eigenvalue weighted by molar-refractivity contribution is 5.88. The van der Waals surface area contributed by atoms with E-state index in [4.69, 9.17) is 5.11 Å². The predicted molar refractivity (Wildman–Crippen MR) is 54.2 cm³/mol. The molecular formula is C10H11N3O2. The summed E-state index contributed by atoms with van der Waals surface area (Å²) in [5, 5.41) is 13.1. The summed E-state index contributed by atoms with van der Waals surface area (Å²) in [5.41, 5.74) is 3.26. The molecule has 0 saturated carbocycles. The maximum absolute atomic E-state index is 10.9. The summed E-state index contributed by atoms with van der Waals surface area (Å²) in [4.78, 5) is 15.1. The Balaban J connectivity index is 2.82. The second kappa shape index (κ2) is 3.05. The van der Waals surface area contributed by atoms with Crippen molar-refractivity contribution in [2.75, 3.05) is 0 Å². The van der Waals surface area contributed by atoms with Gasteiger partial charge in [0, 0.05) is 11.8 Å². The third kappa shape index (κ3) is 1.36. The Kier molecular flexibility index (Phi) is 1.96. The van der Waals surface area contributed by atoms with Crippen LogP contribution in [0.15, 0.2) is 6.20 Å². The minimum Gasteiger partial charge on any atom is -0.478 e. The fraction of sp³-hybridized carbons (Fsp3) is 0.300. The molecule has 15 heavy (non-hydrogen) atoms. The average molecular weight is 205 g/mol. The van der Waals surface area contributed by atoms with E-state index < -0.39 is 5.97 Å². The first kappa shape index (κ1) is 9.64. The summed E-state index contributed by atoms with van der Waals surface area (Å²) < 4.78 is 1.52. The SMILES string of the molecule is Cc1nc2c(C)c(C)nn2cc1C(=O)O. The number of hydrogen-bond acceptors (Lipinski definition) is 3. The molecular weight excluding hydrogens is 194 g/mol. The second-order valence-corrected chi connectivity index (χ2v) is 3.52. The lowest BCUT2D eigenvalue weighted by Crippen LogP contribution is -2.05. The molecule has 2 aromatic heterocycles. The lowest BCUT2D eigenvalue weighted by molar-refractivity contribution is 0.0695. The van der Waals surface area contributed by atoms with Crippen molar-refractivity contribution in [1.29, 1.82) is 0 Å². The van der Waals surface area contributed by atoms with Crippen molar-refractivity contribution in [3.05, 3.63) is 28.7 Å². The van der Waals surface area contributed by atoms with E-state index in [-0.39, 0.29) is 5.56 Å². The van der Waals surface area contributed by atoms with Crippen LogP contribution in [0.5, 0.6) is 0 Å². The third-order valence-electron chi connectivity index (χ3n) is 2.50. The zero-order valence-corrected chi connectivity index (χ0v) is 8.77. The Morgan fingerprint density at radius 3 is 2.60 bits per heavy atom. The topological polar surface area (TPSA) is 67.5 Å². The van der Waals surface area contributed by atoms with E-state index >= 15 is 0 Å². The van der Waals surface area contributed by atoms with E-state index in [0.29, 0.717) is 5.69 Å². The first-order chi connectivity index (χ1) is 7.00. The molecule has 0 saturated heterocycles. The average Bonchev–Trinajstić information content (AvgIpc) is 2.43. The number of carboxylic acids is 1. The van der Waals surface area contributed by atoms with Crippen LogP contribution in [0.2, 0.25) is 0 Å². The summed E-state index contributed by atoms with van der Waals surface area (Å²) in [6.07, 6.45) is 1.50. The molecule has 2 aromatic rings. The van der Waals surface area contributed by atoms with Gasteiger partial charge in [0.2, 0.25) is 0 Å². The van der Waals surface area contributed by atoms with E-state index in [9.17, 15) is 4.79 Å². The van der Waals surface area contributed by atoms with Crippen molar-refractivity contribution in [2.45, 2.75) is 20.8 Å². The van der Waals surface area contributed by atoms with Gasteiger partial charge in [-0.1, -0.05) is 0 Å². The molecule has 0 aliphatic heterocycles. The van der Waals surface area contributed by atoms with Crippen molar-refractivity contribution in [3.8, 4) is 0 Å². The molecule has 0 aromatic carbocycles. The molecule has 0 spiro atoms. The molecule has 0 aliphatic rings. The van der Waals surface area contributed by atoms with Crippen LogP contribution < -0.4 is 0 Å². The molecule has 0 radical (unpaired) electrons. The number of carbonyl (C=O) groups is 1. The standard InChI is InChI=1S/C10H11N3O2/c1-5-6(2)12-13-4-8(10(14)15)7(3)11-9(5)13/h4H,1-3H3,(H,14,15). The third-order valence-corrected chi connectivity index (χ3v) is 2.50. The molecule has 0 atom stereocenters. The van der Waals surface area contributed by atoms with Gasteiger partial charge in [-0.15, -0.1) is 0 Å². The highest BCUT2D eigenvalue weighted by Crippen LogP contribution is 2.14. The summed E-state index contributed by atoms with van der Waals surface area (Å²) in [7, 11) is 0. The number of aromatic carboxylic acids is 1. The quantitative estimate of drug-likeness (QED) is 0.763. The number of fused-ring (bicyclic) bond motifs is 1. The molecule has 2 rings (SSSR count). The molecule has 2 heterocycles. The van der Waals surface area contributed by atoms with Crippen LogP contribution in [0, 0.1) is 20.8 Å². The van der Waals surface area contributed by atoms with Gasteiger partial charge in [-0.3, -0.25) is 0 Å². The zero-order chi connectivity index (χ0) is 11.2. The molecule has 0 amide bonds. The first-order valence-corrected chi connectivity index (χ1v) is 4.57. The minimum absolute atomic E-state index is 0.185. The van der Waals surface area contributed by atoms with Gasteiger partial charge >= 0.3 is 5.97 Å². The van der Waals surface area contributed by atoms with Crippen LogP contribution in [-0.2, 0) is 0 Å². The van der Waals surface area contributed by atoms with Crippen molar-refractivity contribution in [2.24, 2.45) is 0 Å². The van der Waals surface area contributed by atoms with Crippen LogP contribution in [0.25, 0.3) is 5.65 Å². The van der Waals surface area contributed by atoms with Crippen molar-refractivity contribution in [1.82, 2.24) is 14.6 Å². The Hall–Kier alpha value is -1.91. The van der Waals surface area contributed by atoms with Gasteiger partial charge in [-0.05, 0) is 20.8 Å². The Morgan fingerprint density at radius 2 is 2.00 bits per heavy atom. The summed E-state index contributed by atoms with van der Waals surface area (Å²) in [5.74, 6) is -0.979. The fourth-order valence-corrected chi connectivity index (χ4v) is 1.49. The van der Waals surface area contributed by atoms with E-state index in [1.54, 1.807) is 6.92 Å². The van der Waals surface area contributed by atoms with Gasteiger partial charge in [0.1, 0.15) is 0 Å². The van der Waals surface area contributed by atoms with Crippen LogP contribution in [0.1, 0.15) is 27.3 Å². The molecule has 5 heteroatoms. The number of aryl methyl sites for hydroxylation is 3. The Morgan fingerprint density at radius 1 is 1.33 bits per heavy atom. The van der Waals surface area contributed by atoms with E-state index in [1.165, 1.54) is 10.7 Å². The zero-order valence-electron chi connectivity index (χ0n) is 8.77. The number of carboxylic acid groups (broad SMARTS) is 1. The Labute approximate surface area is 86.4 Å². The number of nitrogens with zero attached hydrogens (tertiary/aromatic N) is 3. The van der Waals surface area contributed by atoms with Gasteiger partial charge in [-0.25, -0.2) is 14.3 Å². The fourth-order valence-electron chi connectivity index (χ4n) is 1.49. The number of hydrogen-bond donors (Lipinski definition) is 1. The molecule has 78 valence electrons. The normalized spacial score (nSPS) is 10.9. The molecule has 0 fully saturated rings. The van der Waals surface area contributed by atoms with Gasteiger partial charge in [0.15, 0.2) is 5.65 Å². The highest BCUT2D eigenvalue weighted by Gasteiger charge is 2.13. The van der Waals surface area contributed by atoms with Crippen LogP contribution in [0.4, 0.5) is 0 Å². The van der Waals surface area contributed by atoms with Crippen LogP contribution in [0.3, 0.4) is 0 Å². The van der Waals surface area contributed by atoms with Crippen molar-refractivity contribution < 1.29 is 9.90 Å². The van der Waals surface area contributed by atoms with E-state index in [1.807, 2.05) is 13.8 Å².